The molecular weight excluding hydrogens is 260 g/mol. The van der Waals surface area contributed by atoms with Gasteiger partial charge in [-0.25, -0.2) is 0 Å². The average molecular weight is 270 g/mol. The van der Waals surface area contributed by atoms with Crippen LogP contribution in [-0.4, -0.2) is 17.0 Å². The summed E-state index contributed by atoms with van der Waals surface area (Å²) in [7, 11) is 0. The van der Waals surface area contributed by atoms with E-state index >= 15 is 0 Å². The van der Waals surface area contributed by atoms with E-state index in [0.717, 1.165) is 6.07 Å². The lowest BCUT2D eigenvalue weighted by Crippen LogP contribution is -2.09. The van der Waals surface area contributed by atoms with Gasteiger partial charge in [0.2, 0.25) is 0 Å². The van der Waals surface area contributed by atoms with Gasteiger partial charge in [0.1, 0.15) is 0 Å². The monoisotopic (exact) mass is 270 g/mol. The molecule has 6 heteroatoms. The number of aldehydes is 1. The fourth-order valence-corrected chi connectivity index (χ4v) is 1.85. The molecule has 0 saturated carbocycles. The first-order valence-electron chi connectivity index (χ1n) is 5.67. The third kappa shape index (κ3) is 2.39. The summed E-state index contributed by atoms with van der Waals surface area (Å²) in [6.45, 7) is 0. The van der Waals surface area contributed by atoms with E-state index in [1.54, 1.807) is 6.07 Å². The van der Waals surface area contributed by atoms with Gasteiger partial charge in [0.05, 0.1) is 10.5 Å². The number of carbonyl (C=O) groups excluding carboxylic acids is 2. The smallest absolute Gasteiger partial charge is 0.270 e. The third-order valence-electron chi connectivity index (χ3n) is 2.80. The first-order chi connectivity index (χ1) is 9.54. The van der Waals surface area contributed by atoms with Gasteiger partial charge in [-0.05, 0) is 6.07 Å². The highest BCUT2D eigenvalue weighted by molar-refractivity contribution is 6.16. The minimum absolute atomic E-state index is 0.0583. The molecule has 100 valence electrons. The molecule has 0 heterocycles. The zero-order valence-corrected chi connectivity index (χ0v) is 10.3. The largest absolute Gasteiger partial charge is 0.398 e. The van der Waals surface area contributed by atoms with Crippen LogP contribution in [0.25, 0.3) is 0 Å². The second kappa shape index (κ2) is 5.31. The lowest BCUT2D eigenvalue weighted by molar-refractivity contribution is -0.384. The molecule has 0 amide bonds. The van der Waals surface area contributed by atoms with Gasteiger partial charge in [0.25, 0.3) is 5.69 Å². The van der Waals surface area contributed by atoms with Crippen LogP contribution in [0.3, 0.4) is 0 Å². The normalized spacial score (nSPS) is 10.0. The molecular formula is C14H10N2O4. The number of nitrogens with two attached hydrogens (primary N) is 1. The molecule has 2 aromatic carbocycles. The van der Waals surface area contributed by atoms with Crippen molar-refractivity contribution in [2.75, 3.05) is 5.73 Å². The van der Waals surface area contributed by atoms with Gasteiger partial charge in [-0.3, -0.25) is 19.7 Å². The van der Waals surface area contributed by atoms with Crippen molar-refractivity contribution in [3.05, 3.63) is 69.3 Å². The topological polar surface area (TPSA) is 103 Å². The third-order valence-corrected chi connectivity index (χ3v) is 2.80. The van der Waals surface area contributed by atoms with E-state index < -0.39 is 10.7 Å². The number of nitrogen functional groups attached to an aromatic ring is 1. The highest BCUT2D eigenvalue weighted by atomic mass is 16.6. The van der Waals surface area contributed by atoms with Crippen LogP contribution < -0.4 is 5.73 Å². The summed E-state index contributed by atoms with van der Waals surface area (Å²) in [4.78, 5) is 33.5. The number of nitrogens with zero attached hydrogens (tertiary/aromatic N) is 1. The Balaban J connectivity index is 2.54. The van der Waals surface area contributed by atoms with Crippen molar-refractivity contribution < 1.29 is 14.5 Å². The van der Waals surface area contributed by atoms with E-state index in [9.17, 15) is 19.7 Å². The van der Waals surface area contributed by atoms with Crippen LogP contribution >= 0.6 is 0 Å². The number of non-ortho nitro benzene ring substituents is 1. The molecule has 0 aliphatic heterocycles. The molecule has 0 aromatic heterocycles. The number of anilines is 1. The summed E-state index contributed by atoms with van der Waals surface area (Å²) < 4.78 is 0. The Bertz CT molecular complexity index is 710. The van der Waals surface area contributed by atoms with Crippen LogP contribution in [0.5, 0.6) is 0 Å². The Hall–Kier alpha value is -3.02. The number of rotatable bonds is 4. The number of benzene rings is 2. The average Bonchev–Trinajstić information content (AvgIpc) is 2.46. The van der Waals surface area contributed by atoms with Crippen molar-refractivity contribution in [3.8, 4) is 0 Å². The highest BCUT2D eigenvalue weighted by Gasteiger charge is 2.18. The minimum Gasteiger partial charge on any atom is -0.398 e. The zero-order chi connectivity index (χ0) is 14.7. The van der Waals surface area contributed by atoms with E-state index in [2.05, 4.69) is 0 Å². The lowest BCUT2D eigenvalue weighted by Gasteiger charge is -2.07. The minimum atomic E-state index is -0.592. The Morgan fingerprint density at radius 3 is 2.55 bits per heavy atom. The molecule has 20 heavy (non-hydrogen) atoms. The van der Waals surface area contributed by atoms with Crippen molar-refractivity contribution in [2.45, 2.75) is 0 Å². The van der Waals surface area contributed by atoms with Crippen molar-refractivity contribution in [3.63, 3.8) is 0 Å². The van der Waals surface area contributed by atoms with Gasteiger partial charge in [-0.2, -0.15) is 0 Å². The Kier molecular flexibility index (Phi) is 3.56. The predicted molar refractivity (Wildman–Crippen MR) is 72.8 cm³/mol. The van der Waals surface area contributed by atoms with E-state index in [1.807, 2.05) is 0 Å². The second-order valence-corrected chi connectivity index (χ2v) is 4.07. The molecule has 0 bridgehead atoms. The van der Waals surface area contributed by atoms with Crippen molar-refractivity contribution in [2.24, 2.45) is 0 Å². The summed E-state index contributed by atoms with van der Waals surface area (Å²) in [5, 5.41) is 10.7. The van der Waals surface area contributed by atoms with Crippen LogP contribution in [-0.2, 0) is 0 Å². The molecule has 0 unspecified atom stereocenters. The van der Waals surface area contributed by atoms with Crippen molar-refractivity contribution in [1.82, 2.24) is 0 Å². The van der Waals surface area contributed by atoms with Crippen LogP contribution in [0.2, 0.25) is 0 Å². The molecule has 0 aliphatic rings. The van der Waals surface area contributed by atoms with Crippen LogP contribution in [0, 0.1) is 10.1 Å². The van der Waals surface area contributed by atoms with Crippen LogP contribution in [0.4, 0.5) is 11.4 Å². The quantitative estimate of drug-likeness (QED) is 0.301. The standard InChI is InChI=1S/C14H10N2O4/c15-12-6-2-4-10(8-17)13(12)14(18)9-3-1-5-11(7-9)16(19)20/h1-8H,15H2. The van der Waals surface area contributed by atoms with E-state index in [4.69, 9.17) is 5.73 Å². The van der Waals surface area contributed by atoms with Crippen LogP contribution in [0.1, 0.15) is 26.3 Å². The van der Waals surface area contributed by atoms with Gasteiger partial charge in [-0.15, -0.1) is 0 Å². The molecule has 2 N–H and O–H groups in total. The fraction of sp³-hybridized carbons (Fsp3) is 0. The summed E-state index contributed by atoms with van der Waals surface area (Å²) >= 11 is 0. The van der Waals surface area contributed by atoms with Crippen LogP contribution in [0.15, 0.2) is 42.5 Å². The molecule has 0 aliphatic carbocycles. The van der Waals surface area contributed by atoms with Gasteiger partial charge >= 0.3 is 0 Å². The van der Waals surface area contributed by atoms with Gasteiger partial charge in [0.15, 0.2) is 12.1 Å². The first-order valence-corrected chi connectivity index (χ1v) is 5.67. The summed E-state index contributed by atoms with van der Waals surface area (Å²) in [5.74, 6) is -0.520. The number of hydrogen-bond acceptors (Lipinski definition) is 5. The van der Waals surface area contributed by atoms with Crippen molar-refractivity contribution >= 4 is 23.4 Å². The van der Waals surface area contributed by atoms with Gasteiger partial charge in [-0.1, -0.05) is 24.3 Å². The van der Waals surface area contributed by atoms with Crippen molar-refractivity contribution in [1.29, 1.82) is 0 Å². The SMILES string of the molecule is Nc1cccc(C=O)c1C(=O)c1cccc([N+](=O)[O-])c1. The number of nitro benzene ring substituents is 1. The fourth-order valence-electron chi connectivity index (χ4n) is 1.85. The molecule has 0 saturated heterocycles. The molecule has 6 nitrogen and oxygen atoms in total. The highest BCUT2D eigenvalue weighted by Crippen LogP contribution is 2.22. The maximum absolute atomic E-state index is 12.4. The number of ketones is 1. The number of nitro groups is 1. The maximum atomic E-state index is 12.4. The summed E-state index contributed by atoms with van der Waals surface area (Å²) in [5.41, 5.74) is 6.01. The predicted octanol–water partition coefficient (Wildman–Crippen LogP) is 2.22. The van der Waals surface area contributed by atoms with E-state index in [0.29, 0.717) is 6.29 Å². The molecule has 0 fully saturated rings. The molecule has 0 radical (unpaired) electrons. The first kappa shape index (κ1) is 13.4. The number of hydrogen-bond donors (Lipinski definition) is 1. The van der Waals surface area contributed by atoms with Gasteiger partial charge < -0.3 is 5.73 Å². The Morgan fingerprint density at radius 1 is 1.20 bits per heavy atom. The lowest BCUT2D eigenvalue weighted by atomic mass is 9.97. The van der Waals surface area contributed by atoms with Gasteiger partial charge in [0, 0.05) is 28.9 Å². The summed E-state index contributed by atoms with van der Waals surface area (Å²) in [6, 6.07) is 9.81. The van der Waals surface area contributed by atoms with E-state index in [-0.39, 0.29) is 28.1 Å². The number of carbonyl (C=O) groups is 2. The second-order valence-electron chi connectivity index (χ2n) is 4.07. The summed E-state index contributed by atoms with van der Waals surface area (Å²) in [6.07, 6.45) is 0.529. The molecule has 2 aromatic rings. The molecule has 0 atom stereocenters. The molecule has 0 spiro atoms. The molecule has 2 rings (SSSR count). The Labute approximate surface area is 114 Å². The maximum Gasteiger partial charge on any atom is 0.270 e. The zero-order valence-electron chi connectivity index (χ0n) is 10.3. The Morgan fingerprint density at radius 2 is 1.90 bits per heavy atom. The van der Waals surface area contributed by atoms with E-state index in [1.165, 1.54) is 30.3 Å².